The largest absolute Gasteiger partial charge is 0.478 e. The smallest absolute Gasteiger partial charge is 0.361 e. The fourth-order valence-electron chi connectivity index (χ4n) is 0. The van der Waals surface area contributed by atoms with Crippen LogP contribution in [0.3, 0.4) is 0 Å². The van der Waals surface area contributed by atoms with Crippen molar-refractivity contribution >= 4 is 65.7 Å². The molecule has 0 fully saturated rings. The molecule has 0 aromatic rings. The Bertz CT molecular complexity index is 370. The van der Waals surface area contributed by atoms with Gasteiger partial charge in [-0.05, 0) is 13.8 Å². The first kappa shape index (κ1) is 33.5. The second-order valence-corrected chi connectivity index (χ2v) is 4.17. The standard InChI is InChI=1S/2C4H6O2.3CH2O2S/c2*1-3(2)4(5)6;3*2-1(3)4/h2*1H2,2H3,(H,5,6);3*4H,(H,2,3). The number of aliphatic carboxylic acids is 2. The molecule has 0 spiro atoms. The molecule has 5 N–H and O–H groups in total. The maximum Gasteiger partial charge on any atom is 0.361 e. The van der Waals surface area contributed by atoms with Gasteiger partial charge in [0.05, 0.1) is 0 Å². The van der Waals surface area contributed by atoms with Gasteiger partial charge in [0.25, 0.3) is 0 Å². The molecule has 0 aromatic heterocycles. The van der Waals surface area contributed by atoms with Crippen molar-refractivity contribution in [3.8, 4) is 0 Å². The van der Waals surface area contributed by atoms with Gasteiger partial charge in [-0.25, -0.2) is 24.0 Å². The van der Waals surface area contributed by atoms with Crippen molar-refractivity contribution in [1.82, 2.24) is 0 Å². The normalized spacial score (nSPS) is 6.88. The SMILES string of the molecule is C=C(C)C(=O)O.C=C(C)C(=O)O.O=C(O)S.O=C(O)S.O=C(O)S. The monoisotopic (exact) mass is 406 g/mol. The Morgan fingerprint density at radius 3 is 0.625 bits per heavy atom. The van der Waals surface area contributed by atoms with Crippen molar-refractivity contribution in [3.63, 3.8) is 0 Å². The molecular weight excluding hydrogens is 388 g/mol. The Morgan fingerprint density at radius 2 is 0.625 bits per heavy atom. The summed E-state index contributed by atoms with van der Waals surface area (Å²) in [6.07, 6.45) is 0. The predicted octanol–water partition coefficient (Wildman–Crippen LogP) is 3.08. The Labute approximate surface area is 153 Å². The van der Waals surface area contributed by atoms with Crippen LogP contribution in [0.25, 0.3) is 0 Å². The van der Waals surface area contributed by atoms with E-state index in [0.29, 0.717) is 0 Å². The van der Waals surface area contributed by atoms with E-state index in [-0.39, 0.29) is 11.1 Å². The highest BCUT2D eigenvalue weighted by Gasteiger charge is 1.90. The third-order valence-electron chi connectivity index (χ3n) is 0.730. The third-order valence-corrected chi connectivity index (χ3v) is 0.730. The van der Waals surface area contributed by atoms with E-state index in [1.165, 1.54) is 13.8 Å². The molecule has 0 saturated carbocycles. The summed E-state index contributed by atoms with van der Waals surface area (Å²) in [5.41, 5.74) is 0.352. The highest BCUT2D eigenvalue weighted by Crippen LogP contribution is 1.81. The zero-order valence-corrected chi connectivity index (χ0v) is 15.2. The van der Waals surface area contributed by atoms with E-state index >= 15 is 0 Å². The van der Waals surface area contributed by atoms with Crippen molar-refractivity contribution < 1.29 is 49.5 Å². The van der Waals surface area contributed by atoms with E-state index in [9.17, 15) is 9.59 Å². The molecule has 0 rings (SSSR count). The number of carboxylic acids is 2. The quantitative estimate of drug-likeness (QED) is 0.250. The zero-order valence-electron chi connectivity index (χ0n) is 12.5. The average Bonchev–Trinajstić information content (AvgIpc) is 2.26. The van der Waals surface area contributed by atoms with E-state index in [1.807, 2.05) is 0 Å². The molecule has 0 radical (unpaired) electrons. The van der Waals surface area contributed by atoms with Gasteiger partial charge in [-0.2, -0.15) is 0 Å². The highest BCUT2D eigenvalue weighted by atomic mass is 32.1. The predicted molar refractivity (Wildman–Crippen MR) is 95.9 cm³/mol. The maximum atomic E-state index is 9.60. The number of thiol groups is 3. The molecule has 0 bridgehead atoms. The summed E-state index contributed by atoms with van der Waals surface area (Å²) in [7, 11) is 0. The van der Waals surface area contributed by atoms with Gasteiger partial charge in [-0.15, -0.1) is 0 Å². The van der Waals surface area contributed by atoms with Crippen LogP contribution in [0.15, 0.2) is 24.3 Å². The van der Waals surface area contributed by atoms with Crippen LogP contribution in [0.1, 0.15) is 13.8 Å². The molecule has 140 valence electrons. The lowest BCUT2D eigenvalue weighted by Crippen LogP contribution is -1.92. The van der Waals surface area contributed by atoms with Gasteiger partial charge < -0.3 is 25.5 Å². The molecule has 0 saturated heterocycles. The molecular formula is C11H18O10S3. The number of hydrogen-bond donors (Lipinski definition) is 8. The number of rotatable bonds is 2. The number of hydrogen-bond acceptors (Lipinski definition) is 5. The molecule has 0 aliphatic carbocycles. The lowest BCUT2D eigenvalue weighted by molar-refractivity contribution is -0.133. The minimum Gasteiger partial charge on any atom is -0.478 e. The molecule has 10 nitrogen and oxygen atoms in total. The van der Waals surface area contributed by atoms with Gasteiger partial charge >= 0.3 is 27.8 Å². The van der Waals surface area contributed by atoms with Crippen LogP contribution in [-0.4, -0.2) is 53.4 Å². The molecule has 0 heterocycles. The fraction of sp³-hybridized carbons (Fsp3) is 0.182. The average molecular weight is 406 g/mol. The first-order valence-electron chi connectivity index (χ1n) is 5.02. The Kier molecular flexibility index (Phi) is 32.3. The second kappa shape index (κ2) is 23.2. The second-order valence-electron chi connectivity index (χ2n) is 3.02. The molecule has 0 atom stereocenters. The lowest BCUT2D eigenvalue weighted by atomic mass is 10.4. The van der Waals surface area contributed by atoms with Crippen LogP contribution in [0.5, 0.6) is 0 Å². The van der Waals surface area contributed by atoms with Gasteiger partial charge in [0, 0.05) is 11.1 Å². The number of carboxylic acid groups (broad SMARTS) is 5. The minimum absolute atomic E-state index is 0.176. The number of carbonyl (C=O) groups is 5. The van der Waals surface area contributed by atoms with Crippen LogP contribution in [-0.2, 0) is 9.59 Å². The molecule has 0 amide bonds. The van der Waals surface area contributed by atoms with Gasteiger partial charge in [0.15, 0.2) is 0 Å². The van der Waals surface area contributed by atoms with Gasteiger partial charge in [-0.1, -0.05) is 51.0 Å². The molecule has 0 aliphatic rings. The maximum absolute atomic E-state index is 9.60. The van der Waals surface area contributed by atoms with Crippen molar-refractivity contribution in [3.05, 3.63) is 24.3 Å². The lowest BCUT2D eigenvalue weighted by Gasteiger charge is -1.79. The molecule has 0 unspecified atom stereocenters. The summed E-state index contributed by atoms with van der Waals surface area (Å²) in [4.78, 5) is 45.8. The van der Waals surface area contributed by atoms with Crippen LogP contribution in [0.2, 0.25) is 0 Å². The van der Waals surface area contributed by atoms with Crippen LogP contribution >= 0.6 is 37.9 Å². The Morgan fingerprint density at radius 1 is 0.583 bits per heavy atom. The fourth-order valence-corrected chi connectivity index (χ4v) is 0. The molecule has 13 heteroatoms. The van der Waals surface area contributed by atoms with Gasteiger partial charge in [0.2, 0.25) is 0 Å². The summed E-state index contributed by atoms with van der Waals surface area (Å²) >= 11 is 8.65. The van der Waals surface area contributed by atoms with E-state index in [2.05, 4.69) is 51.0 Å². The Hall–Kier alpha value is -2.12. The summed E-state index contributed by atoms with van der Waals surface area (Å²) in [5, 5.41) is 34.2. The summed E-state index contributed by atoms with van der Waals surface area (Å²) < 4.78 is 0. The summed E-state index contributed by atoms with van der Waals surface area (Å²) in [5.74, 6) is -1.87. The van der Waals surface area contributed by atoms with Crippen molar-refractivity contribution in [1.29, 1.82) is 0 Å². The van der Waals surface area contributed by atoms with Crippen molar-refractivity contribution in [2.75, 3.05) is 0 Å². The zero-order chi connectivity index (χ0) is 21.0. The highest BCUT2D eigenvalue weighted by molar-refractivity contribution is 7.96. The topological polar surface area (TPSA) is 186 Å². The van der Waals surface area contributed by atoms with Crippen LogP contribution in [0, 0.1) is 0 Å². The van der Waals surface area contributed by atoms with Crippen LogP contribution in [0.4, 0.5) is 14.4 Å². The Balaban J connectivity index is -0.0000000637. The van der Waals surface area contributed by atoms with E-state index in [1.54, 1.807) is 0 Å². The van der Waals surface area contributed by atoms with Crippen molar-refractivity contribution in [2.45, 2.75) is 13.8 Å². The molecule has 0 aromatic carbocycles. The molecule has 24 heavy (non-hydrogen) atoms. The minimum atomic E-state index is -1.14. The first-order chi connectivity index (χ1) is 10.5. The van der Waals surface area contributed by atoms with Gasteiger partial charge in [0.1, 0.15) is 0 Å². The van der Waals surface area contributed by atoms with E-state index < -0.39 is 27.8 Å². The van der Waals surface area contributed by atoms with Gasteiger partial charge in [-0.3, -0.25) is 0 Å². The van der Waals surface area contributed by atoms with Crippen LogP contribution < -0.4 is 0 Å². The van der Waals surface area contributed by atoms with E-state index in [0.717, 1.165) is 0 Å². The van der Waals surface area contributed by atoms with Crippen molar-refractivity contribution in [2.24, 2.45) is 0 Å². The summed E-state index contributed by atoms with van der Waals surface area (Å²) in [6, 6.07) is 0. The summed E-state index contributed by atoms with van der Waals surface area (Å²) in [6.45, 7) is 9.20. The first-order valence-corrected chi connectivity index (χ1v) is 6.36. The third kappa shape index (κ3) is 205. The molecule has 0 aliphatic heterocycles. The van der Waals surface area contributed by atoms with E-state index in [4.69, 9.17) is 39.9 Å².